The van der Waals surface area contributed by atoms with E-state index in [0.29, 0.717) is 0 Å². The third-order valence-corrected chi connectivity index (χ3v) is 3.10. The second-order valence-electron chi connectivity index (χ2n) is 4.42. The van der Waals surface area contributed by atoms with Gasteiger partial charge in [-0.25, -0.2) is 0 Å². The summed E-state index contributed by atoms with van der Waals surface area (Å²) in [4.78, 5) is 6.56. The molecule has 3 heteroatoms. The number of fused-ring (bicyclic) bond motifs is 1. The summed E-state index contributed by atoms with van der Waals surface area (Å²) < 4.78 is 0. The largest absolute Gasteiger partial charge is 0.506 e. The maximum atomic E-state index is 9.18. The lowest BCUT2D eigenvalue weighted by Gasteiger charge is -2.13. The second kappa shape index (κ2) is 4.18. The molecule has 1 aliphatic rings. The number of rotatable bonds is 2. The zero-order valence-electron chi connectivity index (χ0n) is 9.50. The molecule has 0 saturated heterocycles. The first-order valence-corrected chi connectivity index (χ1v) is 5.74. The van der Waals surface area contributed by atoms with Crippen molar-refractivity contribution in [2.24, 2.45) is 0 Å². The second-order valence-corrected chi connectivity index (χ2v) is 4.42. The number of hydrogen-bond acceptors (Lipinski definition) is 3. The minimum atomic E-state index is 0.221. The molecule has 3 nitrogen and oxygen atoms in total. The Morgan fingerprint density at radius 1 is 1.06 bits per heavy atom. The molecule has 86 valence electrons. The third-order valence-electron chi connectivity index (χ3n) is 3.10. The first-order valence-electron chi connectivity index (χ1n) is 5.74. The Morgan fingerprint density at radius 2 is 1.76 bits per heavy atom. The molecule has 0 radical (unpaired) electrons. The van der Waals surface area contributed by atoms with Gasteiger partial charge < -0.3 is 5.11 Å². The van der Waals surface area contributed by atoms with E-state index in [1.54, 1.807) is 6.07 Å². The molecule has 1 aromatic heterocycles. The lowest BCUT2D eigenvalue weighted by atomic mass is 10.1. The van der Waals surface area contributed by atoms with E-state index in [1.165, 1.54) is 17.3 Å². The summed E-state index contributed by atoms with van der Waals surface area (Å²) in [5, 5.41) is 9.18. The van der Waals surface area contributed by atoms with Crippen LogP contribution >= 0.6 is 0 Å². The fourth-order valence-corrected chi connectivity index (χ4v) is 2.25. The van der Waals surface area contributed by atoms with Crippen LogP contribution in [0.3, 0.4) is 0 Å². The predicted molar refractivity (Wildman–Crippen MR) is 65.3 cm³/mol. The van der Waals surface area contributed by atoms with Crippen molar-refractivity contribution in [3.8, 4) is 5.75 Å². The number of hydrogen-bond donors (Lipinski definition) is 1. The third kappa shape index (κ3) is 2.15. The van der Waals surface area contributed by atoms with Gasteiger partial charge in [0.1, 0.15) is 5.75 Å². The van der Waals surface area contributed by atoms with Crippen molar-refractivity contribution >= 4 is 0 Å². The van der Waals surface area contributed by atoms with E-state index in [9.17, 15) is 5.11 Å². The molecule has 0 fully saturated rings. The number of aromatic hydroxyl groups is 1. The van der Waals surface area contributed by atoms with Gasteiger partial charge in [-0.1, -0.05) is 24.3 Å². The highest BCUT2D eigenvalue weighted by Crippen LogP contribution is 2.23. The zero-order valence-corrected chi connectivity index (χ0v) is 9.50. The lowest BCUT2D eigenvalue weighted by molar-refractivity contribution is 0.272. The van der Waals surface area contributed by atoms with Gasteiger partial charge in [0, 0.05) is 19.6 Å². The predicted octanol–water partition coefficient (Wildman–Crippen LogP) is 2.30. The molecule has 0 aliphatic carbocycles. The summed E-state index contributed by atoms with van der Waals surface area (Å²) in [6.45, 7) is 2.80. The van der Waals surface area contributed by atoms with Crippen molar-refractivity contribution in [2.45, 2.75) is 19.6 Å². The highest BCUT2D eigenvalue weighted by atomic mass is 16.3. The van der Waals surface area contributed by atoms with Gasteiger partial charge >= 0.3 is 0 Å². The van der Waals surface area contributed by atoms with Crippen LogP contribution in [0.25, 0.3) is 0 Å². The Balaban J connectivity index is 1.71. The van der Waals surface area contributed by atoms with Crippen molar-refractivity contribution in [2.75, 3.05) is 0 Å². The monoisotopic (exact) mass is 226 g/mol. The van der Waals surface area contributed by atoms with Crippen molar-refractivity contribution in [3.05, 3.63) is 59.4 Å². The molecule has 0 atom stereocenters. The van der Waals surface area contributed by atoms with Gasteiger partial charge in [-0.3, -0.25) is 9.88 Å². The van der Waals surface area contributed by atoms with Crippen molar-refractivity contribution in [3.63, 3.8) is 0 Å². The van der Waals surface area contributed by atoms with Crippen molar-refractivity contribution in [1.29, 1.82) is 0 Å². The Kier molecular flexibility index (Phi) is 2.53. The average molecular weight is 226 g/mol. The molecule has 2 aromatic rings. The Hall–Kier alpha value is -1.87. The van der Waals surface area contributed by atoms with Gasteiger partial charge in [-0.15, -0.1) is 0 Å². The van der Waals surface area contributed by atoms with Crippen LogP contribution in [-0.2, 0) is 19.6 Å². The summed E-state index contributed by atoms with van der Waals surface area (Å²) in [5.74, 6) is 0.221. The maximum Gasteiger partial charge on any atom is 0.133 e. The number of pyridine rings is 1. The normalized spacial score (nSPS) is 14.8. The molecule has 1 aromatic carbocycles. The van der Waals surface area contributed by atoms with Crippen molar-refractivity contribution < 1.29 is 5.11 Å². The standard InChI is InChI=1S/C14H14N2O/c17-14-6-5-13(15-7-14)10-16-8-11-3-1-2-4-12(11)9-16/h1-7,17H,8-10H2. The Labute approximate surface area is 100 Å². The number of aromatic nitrogens is 1. The lowest BCUT2D eigenvalue weighted by Crippen LogP contribution is -2.16. The highest BCUT2D eigenvalue weighted by molar-refractivity contribution is 5.30. The summed E-state index contributed by atoms with van der Waals surface area (Å²) >= 11 is 0. The van der Waals surface area contributed by atoms with Crippen LogP contribution in [0, 0.1) is 0 Å². The molecule has 0 spiro atoms. The summed E-state index contributed by atoms with van der Waals surface area (Å²) in [6, 6.07) is 12.1. The molecule has 1 N–H and O–H groups in total. The van der Waals surface area contributed by atoms with Gasteiger partial charge in [-0.2, -0.15) is 0 Å². The SMILES string of the molecule is Oc1ccc(CN2Cc3ccccc3C2)nc1. The molecule has 17 heavy (non-hydrogen) atoms. The Bertz CT molecular complexity index is 497. The summed E-state index contributed by atoms with van der Waals surface area (Å²) in [6.07, 6.45) is 1.50. The van der Waals surface area contributed by atoms with Crippen LogP contribution < -0.4 is 0 Å². The number of benzene rings is 1. The first kappa shape index (κ1) is 10.3. The summed E-state index contributed by atoms with van der Waals surface area (Å²) in [5.41, 5.74) is 3.81. The van der Waals surface area contributed by atoms with Gasteiger partial charge in [-0.05, 0) is 23.3 Å². The molecule has 0 unspecified atom stereocenters. The van der Waals surface area contributed by atoms with E-state index in [-0.39, 0.29) is 5.75 Å². The molecule has 0 amide bonds. The van der Waals surface area contributed by atoms with Crippen LogP contribution in [0.4, 0.5) is 0 Å². The first-order chi connectivity index (χ1) is 8.31. The van der Waals surface area contributed by atoms with E-state index in [2.05, 4.69) is 34.1 Å². The Morgan fingerprint density at radius 3 is 2.35 bits per heavy atom. The maximum absolute atomic E-state index is 9.18. The van der Waals surface area contributed by atoms with E-state index in [1.807, 2.05) is 6.07 Å². The number of nitrogens with zero attached hydrogens (tertiary/aromatic N) is 2. The molecule has 3 rings (SSSR count). The van der Waals surface area contributed by atoms with Crippen LogP contribution in [0.1, 0.15) is 16.8 Å². The topological polar surface area (TPSA) is 36.4 Å². The van der Waals surface area contributed by atoms with Gasteiger partial charge in [0.05, 0.1) is 11.9 Å². The van der Waals surface area contributed by atoms with Crippen LogP contribution in [0.2, 0.25) is 0 Å². The van der Waals surface area contributed by atoms with Crippen molar-refractivity contribution in [1.82, 2.24) is 9.88 Å². The van der Waals surface area contributed by atoms with E-state index in [0.717, 1.165) is 25.3 Å². The molecule has 1 aliphatic heterocycles. The molecular formula is C14H14N2O. The highest BCUT2D eigenvalue weighted by Gasteiger charge is 2.18. The van der Waals surface area contributed by atoms with Crippen LogP contribution in [-0.4, -0.2) is 15.0 Å². The fraction of sp³-hybridized carbons (Fsp3) is 0.214. The average Bonchev–Trinajstić information content (AvgIpc) is 2.74. The molecule has 0 bridgehead atoms. The van der Waals surface area contributed by atoms with E-state index in [4.69, 9.17) is 0 Å². The zero-order chi connectivity index (χ0) is 11.7. The fourth-order valence-electron chi connectivity index (χ4n) is 2.25. The minimum Gasteiger partial charge on any atom is -0.506 e. The van der Waals surface area contributed by atoms with E-state index < -0.39 is 0 Å². The molecule has 2 heterocycles. The van der Waals surface area contributed by atoms with Gasteiger partial charge in [0.15, 0.2) is 0 Å². The van der Waals surface area contributed by atoms with Crippen LogP contribution in [0.15, 0.2) is 42.6 Å². The van der Waals surface area contributed by atoms with Gasteiger partial charge in [0.2, 0.25) is 0 Å². The summed E-state index contributed by atoms with van der Waals surface area (Å²) in [7, 11) is 0. The smallest absolute Gasteiger partial charge is 0.133 e. The molecule has 0 saturated carbocycles. The van der Waals surface area contributed by atoms with Crippen LogP contribution in [0.5, 0.6) is 5.75 Å². The quantitative estimate of drug-likeness (QED) is 0.853. The minimum absolute atomic E-state index is 0.221. The van der Waals surface area contributed by atoms with Gasteiger partial charge in [0.25, 0.3) is 0 Å². The van der Waals surface area contributed by atoms with E-state index >= 15 is 0 Å². The molecular weight excluding hydrogens is 212 g/mol.